The van der Waals surface area contributed by atoms with Gasteiger partial charge in [0.25, 0.3) is 0 Å². The maximum Gasteiger partial charge on any atom is 0.115 e. The third-order valence-corrected chi connectivity index (χ3v) is 1.47. The molecule has 0 aliphatic heterocycles. The van der Waals surface area contributed by atoms with E-state index in [0.29, 0.717) is 19.4 Å². The second kappa shape index (κ2) is 6.54. The summed E-state index contributed by atoms with van der Waals surface area (Å²) in [4.78, 5) is 7.84. The maximum atomic E-state index is 8.24. The number of nitrogens with zero attached hydrogens (tertiary/aromatic N) is 4. The summed E-state index contributed by atoms with van der Waals surface area (Å²) in [5.74, 6) is 0. The number of hydrogen-bond acceptors (Lipinski definition) is 5. The summed E-state index contributed by atoms with van der Waals surface area (Å²) in [5.41, 5.74) is 3.68. The predicted octanol–water partition coefficient (Wildman–Crippen LogP) is 0.508. The Labute approximate surface area is 82.5 Å². The minimum Gasteiger partial charge on any atom is -0.309 e. The maximum absolute atomic E-state index is 8.24. The van der Waals surface area contributed by atoms with Crippen LogP contribution in [0, 0.1) is 11.3 Å². The zero-order valence-electron chi connectivity index (χ0n) is 7.72. The Hall–Kier alpha value is -1.96. The van der Waals surface area contributed by atoms with E-state index < -0.39 is 0 Å². The second-order valence-corrected chi connectivity index (χ2v) is 2.53. The molecule has 0 amide bonds. The first-order chi connectivity index (χ1) is 6.93. The van der Waals surface area contributed by atoms with Gasteiger partial charge in [-0.2, -0.15) is 10.4 Å². The van der Waals surface area contributed by atoms with Crippen LogP contribution in [0.5, 0.6) is 0 Å². The number of aromatic nitrogens is 2. The van der Waals surface area contributed by atoms with E-state index in [-0.39, 0.29) is 0 Å². The first-order valence-corrected chi connectivity index (χ1v) is 4.29. The Morgan fingerprint density at radius 1 is 1.64 bits per heavy atom. The molecule has 0 bridgehead atoms. The number of rotatable bonds is 5. The van der Waals surface area contributed by atoms with Crippen molar-refractivity contribution in [3.63, 3.8) is 0 Å². The molecule has 1 rings (SSSR count). The zero-order valence-corrected chi connectivity index (χ0v) is 7.72. The van der Waals surface area contributed by atoms with Crippen molar-refractivity contribution in [2.45, 2.75) is 12.8 Å². The van der Waals surface area contributed by atoms with Crippen molar-refractivity contribution in [3.8, 4) is 6.07 Å². The van der Waals surface area contributed by atoms with Gasteiger partial charge in [-0.1, -0.05) is 0 Å². The molecule has 1 aromatic rings. The topological polar surface area (TPSA) is 74.0 Å². The summed E-state index contributed by atoms with van der Waals surface area (Å²) in [7, 11) is 0. The Balaban J connectivity index is 2.18. The smallest absolute Gasteiger partial charge is 0.115 e. The van der Waals surface area contributed by atoms with Gasteiger partial charge in [0.05, 0.1) is 12.5 Å². The molecule has 5 nitrogen and oxygen atoms in total. The molecule has 0 atom stereocenters. The highest BCUT2D eigenvalue weighted by Crippen LogP contribution is 1.89. The van der Waals surface area contributed by atoms with Gasteiger partial charge in [-0.15, -0.1) is 0 Å². The van der Waals surface area contributed by atoms with Crippen LogP contribution >= 0.6 is 0 Å². The lowest BCUT2D eigenvalue weighted by molar-refractivity contribution is 0.748. The van der Waals surface area contributed by atoms with Crippen LogP contribution in [0.25, 0.3) is 0 Å². The molecule has 0 spiro atoms. The average Bonchev–Trinajstić information content (AvgIpc) is 2.25. The number of nitriles is 1. The van der Waals surface area contributed by atoms with Crippen LogP contribution in [0.1, 0.15) is 12.1 Å². The van der Waals surface area contributed by atoms with Gasteiger partial charge in [0.15, 0.2) is 0 Å². The van der Waals surface area contributed by atoms with Gasteiger partial charge >= 0.3 is 0 Å². The standard InChI is InChI=1S/C9H11N5/c10-4-1-5-13-14-7-3-9-2-6-11-8-12-9/h2,6-8,13H,1,3,5H2. The van der Waals surface area contributed by atoms with E-state index >= 15 is 0 Å². The van der Waals surface area contributed by atoms with Crippen molar-refractivity contribution in [1.82, 2.24) is 15.4 Å². The van der Waals surface area contributed by atoms with Gasteiger partial charge in [-0.3, -0.25) is 0 Å². The molecule has 14 heavy (non-hydrogen) atoms. The molecule has 1 N–H and O–H groups in total. The molecule has 0 aromatic carbocycles. The van der Waals surface area contributed by atoms with Crippen LogP contribution in [-0.2, 0) is 6.42 Å². The Morgan fingerprint density at radius 2 is 2.57 bits per heavy atom. The normalized spacial score (nSPS) is 9.93. The first kappa shape index (κ1) is 10.1. The Morgan fingerprint density at radius 3 is 3.29 bits per heavy atom. The molecule has 0 unspecified atom stereocenters. The Bertz CT molecular complexity index is 314. The van der Waals surface area contributed by atoms with Crippen LogP contribution < -0.4 is 5.43 Å². The van der Waals surface area contributed by atoms with Crippen LogP contribution in [0.4, 0.5) is 0 Å². The summed E-state index contributed by atoms with van der Waals surface area (Å²) in [6.45, 7) is 0.580. The largest absolute Gasteiger partial charge is 0.309 e. The summed E-state index contributed by atoms with van der Waals surface area (Å²) >= 11 is 0. The van der Waals surface area contributed by atoms with E-state index in [0.717, 1.165) is 5.69 Å². The van der Waals surface area contributed by atoms with E-state index in [1.807, 2.05) is 12.1 Å². The van der Waals surface area contributed by atoms with Gasteiger partial charge in [0.1, 0.15) is 6.33 Å². The molecular weight excluding hydrogens is 178 g/mol. The van der Waals surface area contributed by atoms with Gasteiger partial charge in [0.2, 0.25) is 0 Å². The van der Waals surface area contributed by atoms with Gasteiger partial charge in [-0.25, -0.2) is 9.97 Å². The zero-order chi connectivity index (χ0) is 10.1. The van der Waals surface area contributed by atoms with Gasteiger partial charge < -0.3 is 5.43 Å². The first-order valence-electron chi connectivity index (χ1n) is 4.29. The highest BCUT2D eigenvalue weighted by molar-refractivity contribution is 5.59. The van der Waals surface area contributed by atoms with Crippen LogP contribution in [0.2, 0.25) is 0 Å². The fraction of sp³-hybridized carbons (Fsp3) is 0.333. The second-order valence-electron chi connectivity index (χ2n) is 2.53. The molecule has 1 aromatic heterocycles. The van der Waals surface area contributed by atoms with E-state index in [1.54, 1.807) is 12.4 Å². The molecule has 1 heterocycles. The van der Waals surface area contributed by atoms with Crippen molar-refractivity contribution < 1.29 is 0 Å². The summed E-state index contributed by atoms with van der Waals surface area (Å²) in [6.07, 6.45) is 6.05. The fourth-order valence-electron chi connectivity index (χ4n) is 0.819. The molecule has 0 fully saturated rings. The molecule has 0 aliphatic carbocycles. The molecule has 0 saturated carbocycles. The lowest BCUT2D eigenvalue weighted by Gasteiger charge is -1.94. The molecule has 0 saturated heterocycles. The lowest BCUT2D eigenvalue weighted by atomic mass is 10.3. The molecule has 0 aliphatic rings. The van der Waals surface area contributed by atoms with Crippen molar-refractivity contribution in [2.24, 2.45) is 5.10 Å². The average molecular weight is 189 g/mol. The summed E-state index contributed by atoms with van der Waals surface area (Å²) in [6, 6.07) is 3.85. The molecular formula is C9H11N5. The van der Waals surface area contributed by atoms with Crippen LogP contribution in [0.3, 0.4) is 0 Å². The molecule has 72 valence electrons. The van der Waals surface area contributed by atoms with Gasteiger partial charge in [0, 0.05) is 31.1 Å². The van der Waals surface area contributed by atoms with Crippen molar-refractivity contribution >= 4 is 6.21 Å². The van der Waals surface area contributed by atoms with Crippen LogP contribution in [0.15, 0.2) is 23.7 Å². The van der Waals surface area contributed by atoms with E-state index in [9.17, 15) is 0 Å². The number of nitrogens with one attached hydrogen (secondary N) is 1. The number of hydrazone groups is 1. The molecule has 5 heteroatoms. The van der Waals surface area contributed by atoms with Gasteiger partial charge in [-0.05, 0) is 6.07 Å². The molecule has 0 radical (unpaired) electrons. The van der Waals surface area contributed by atoms with E-state index in [2.05, 4.69) is 20.5 Å². The highest BCUT2D eigenvalue weighted by atomic mass is 15.3. The van der Waals surface area contributed by atoms with Crippen molar-refractivity contribution in [1.29, 1.82) is 5.26 Å². The Kier molecular flexibility index (Phi) is 4.73. The summed E-state index contributed by atoms with van der Waals surface area (Å²) < 4.78 is 0. The third kappa shape index (κ3) is 4.16. The minimum atomic E-state index is 0.463. The monoisotopic (exact) mass is 189 g/mol. The predicted molar refractivity (Wildman–Crippen MR) is 52.5 cm³/mol. The third-order valence-electron chi connectivity index (χ3n) is 1.47. The van der Waals surface area contributed by atoms with E-state index in [1.165, 1.54) is 6.33 Å². The summed E-state index contributed by atoms with van der Waals surface area (Å²) in [5, 5.41) is 12.2. The minimum absolute atomic E-state index is 0.463. The van der Waals surface area contributed by atoms with Crippen LogP contribution in [-0.4, -0.2) is 22.7 Å². The quantitative estimate of drug-likeness (QED) is 0.416. The lowest BCUT2D eigenvalue weighted by Crippen LogP contribution is -2.07. The van der Waals surface area contributed by atoms with Crippen molar-refractivity contribution in [3.05, 3.63) is 24.3 Å². The number of hydrogen-bond donors (Lipinski definition) is 1. The van der Waals surface area contributed by atoms with E-state index in [4.69, 9.17) is 5.26 Å². The SMILES string of the molecule is N#CCCNN=CCc1ccncn1. The van der Waals surface area contributed by atoms with Crippen molar-refractivity contribution in [2.75, 3.05) is 6.54 Å². The highest BCUT2D eigenvalue weighted by Gasteiger charge is 1.88. The fourth-order valence-corrected chi connectivity index (χ4v) is 0.819.